The maximum Gasteiger partial charge on any atom is 0.407 e. The van der Waals surface area contributed by atoms with E-state index in [0.717, 1.165) is 25.7 Å². The molecular weight excluding hydrogens is 260 g/mol. The van der Waals surface area contributed by atoms with Gasteiger partial charge >= 0.3 is 12.2 Å². The second-order valence-electron chi connectivity index (χ2n) is 5.10. The van der Waals surface area contributed by atoms with E-state index in [2.05, 4.69) is 10.6 Å². The molecule has 2 amide bonds. The van der Waals surface area contributed by atoms with Gasteiger partial charge in [-0.1, -0.05) is 6.42 Å². The number of hydrogen-bond acceptors (Lipinski definition) is 4. The summed E-state index contributed by atoms with van der Waals surface area (Å²) < 4.78 is 9.68. The van der Waals surface area contributed by atoms with Gasteiger partial charge in [0.05, 0.1) is 13.2 Å². The number of nitrogens with one attached hydrogen (secondary N) is 2. The number of ether oxygens (including phenoxy) is 2. The zero-order valence-corrected chi connectivity index (χ0v) is 12.4. The molecule has 1 aliphatic carbocycles. The SMILES string of the molecule is CCOC(=O)NCC1CCCC(CNC(=O)OCC)C1. The fraction of sp³-hybridized carbons (Fsp3) is 0.857. The Hall–Kier alpha value is -1.46. The Kier molecular flexibility index (Phi) is 7.84. The molecule has 0 bridgehead atoms. The summed E-state index contributed by atoms with van der Waals surface area (Å²) in [5, 5.41) is 5.57. The summed E-state index contributed by atoms with van der Waals surface area (Å²) in [6.07, 6.45) is 3.67. The van der Waals surface area contributed by atoms with Crippen LogP contribution in [0.5, 0.6) is 0 Å². The van der Waals surface area contributed by atoms with Gasteiger partial charge in [-0.05, 0) is 44.9 Å². The van der Waals surface area contributed by atoms with Crippen molar-refractivity contribution < 1.29 is 19.1 Å². The number of hydrogen-bond donors (Lipinski definition) is 2. The topological polar surface area (TPSA) is 76.7 Å². The van der Waals surface area contributed by atoms with Crippen molar-refractivity contribution in [2.75, 3.05) is 26.3 Å². The van der Waals surface area contributed by atoms with E-state index in [4.69, 9.17) is 9.47 Å². The average Bonchev–Trinajstić information content (AvgIpc) is 2.44. The standard InChI is InChI=1S/C14H26N2O4/c1-3-19-13(17)15-9-11-6-5-7-12(8-11)10-16-14(18)20-4-2/h11-12H,3-10H2,1-2H3,(H,15,17)(H,16,18). The zero-order valence-electron chi connectivity index (χ0n) is 12.4. The van der Waals surface area contributed by atoms with E-state index in [0.29, 0.717) is 38.1 Å². The fourth-order valence-corrected chi connectivity index (χ4v) is 2.59. The molecule has 1 fully saturated rings. The molecule has 6 heteroatoms. The predicted octanol–water partition coefficient (Wildman–Crippen LogP) is 2.29. The molecule has 0 heterocycles. The van der Waals surface area contributed by atoms with Crippen LogP contribution >= 0.6 is 0 Å². The smallest absolute Gasteiger partial charge is 0.407 e. The molecule has 1 rings (SSSR count). The highest BCUT2D eigenvalue weighted by Crippen LogP contribution is 2.28. The minimum Gasteiger partial charge on any atom is -0.450 e. The summed E-state index contributed by atoms with van der Waals surface area (Å²) in [6, 6.07) is 0. The Morgan fingerprint density at radius 3 is 1.80 bits per heavy atom. The lowest BCUT2D eigenvalue weighted by molar-refractivity contribution is 0.144. The molecular formula is C14H26N2O4. The first kappa shape index (κ1) is 16.6. The molecule has 0 saturated heterocycles. The second kappa shape index (κ2) is 9.44. The van der Waals surface area contributed by atoms with Crippen molar-refractivity contribution in [1.82, 2.24) is 10.6 Å². The molecule has 0 spiro atoms. The lowest BCUT2D eigenvalue weighted by Crippen LogP contribution is -2.36. The first-order valence-electron chi connectivity index (χ1n) is 7.46. The van der Waals surface area contributed by atoms with E-state index >= 15 is 0 Å². The van der Waals surface area contributed by atoms with Gasteiger partial charge in [0.25, 0.3) is 0 Å². The third-order valence-electron chi connectivity index (χ3n) is 3.51. The Morgan fingerprint density at radius 1 is 0.950 bits per heavy atom. The van der Waals surface area contributed by atoms with Crippen LogP contribution in [-0.2, 0) is 9.47 Å². The molecule has 0 radical (unpaired) electrons. The summed E-state index contributed by atoms with van der Waals surface area (Å²) in [5.74, 6) is 0.921. The summed E-state index contributed by atoms with van der Waals surface area (Å²) in [4.78, 5) is 22.5. The number of rotatable bonds is 6. The van der Waals surface area contributed by atoms with E-state index < -0.39 is 0 Å². The third-order valence-corrected chi connectivity index (χ3v) is 3.51. The maximum absolute atomic E-state index is 11.2. The highest BCUT2D eigenvalue weighted by Gasteiger charge is 2.23. The average molecular weight is 286 g/mol. The van der Waals surface area contributed by atoms with Crippen molar-refractivity contribution in [3.63, 3.8) is 0 Å². The van der Waals surface area contributed by atoms with Crippen LogP contribution in [0.15, 0.2) is 0 Å². The zero-order chi connectivity index (χ0) is 14.8. The quantitative estimate of drug-likeness (QED) is 0.785. The van der Waals surface area contributed by atoms with Gasteiger partial charge in [-0.25, -0.2) is 9.59 Å². The molecule has 2 atom stereocenters. The molecule has 1 saturated carbocycles. The Morgan fingerprint density at radius 2 is 1.40 bits per heavy atom. The van der Waals surface area contributed by atoms with Gasteiger partial charge in [-0.3, -0.25) is 0 Å². The summed E-state index contributed by atoms with van der Waals surface area (Å²) in [5.41, 5.74) is 0. The van der Waals surface area contributed by atoms with E-state index in [1.54, 1.807) is 13.8 Å². The van der Waals surface area contributed by atoms with Gasteiger partial charge in [0.1, 0.15) is 0 Å². The van der Waals surface area contributed by atoms with Crippen LogP contribution in [0.4, 0.5) is 9.59 Å². The van der Waals surface area contributed by atoms with Crippen LogP contribution in [0.25, 0.3) is 0 Å². The summed E-state index contributed by atoms with van der Waals surface area (Å²) in [6.45, 7) is 5.66. The largest absolute Gasteiger partial charge is 0.450 e. The Labute approximate surface area is 120 Å². The van der Waals surface area contributed by atoms with E-state index in [1.807, 2.05) is 0 Å². The lowest BCUT2D eigenvalue weighted by Gasteiger charge is -2.29. The highest BCUT2D eigenvalue weighted by atomic mass is 16.5. The molecule has 0 aliphatic heterocycles. The highest BCUT2D eigenvalue weighted by molar-refractivity contribution is 5.67. The molecule has 0 aromatic carbocycles. The van der Waals surface area contributed by atoms with Crippen molar-refractivity contribution in [3.8, 4) is 0 Å². The van der Waals surface area contributed by atoms with Crippen LogP contribution in [0.1, 0.15) is 39.5 Å². The van der Waals surface area contributed by atoms with Gasteiger partial charge in [0.15, 0.2) is 0 Å². The molecule has 0 aromatic heterocycles. The predicted molar refractivity (Wildman–Crippen MR) is 75.5 cm³/mol. The van der Waals surface area contributed by atoms with Crippen molar-refractivity contribution in [3.05, 3.63) is 0 Å². The monoisotopic (exact) mass is 286 g/mol. The maximum atomic E-state index is 11.2. The van der Waals surface area contributed by atoms with Gasteiger partial charge in [0.2, 0.25) is 0 Å². The van der Waals surface area contributed by atoms with E-state index in [-0.39, 0.29) is 12.2 Å². The first-order valence-corrected chi connectivity index (χ1v) is 7.46. The van der Waals surface area contributed by atoms with E-state index in [9.17, 15) is 9.59 Å². The van der Waals surface area contributed by atoms with Gasteiger partial charge in [0, 0.05) is 13.1 Å². The molecule has 1 aliphatic rings. The number of alkyl carbamates (subject to hydrolysis) is 2. The molecule has 2 N–H and O–H groups in total. The Balaban J connectivity index is 2.21. The van der Waals surface area contributed by atoms with Crippen LogP contribution in [-0.4, -0.2) is 38.5 Å². The lowest BCUT2D eigenvalue weighted by atomic mass is 9.81. The third kappa shape index (κ3) is 6.63. The number of amides is 2. The molecule has 0 aromatic rings. The molecule has 6 nitrogen and oxygen atoms in total. The van der Waals surface area contributed by atoms with E-state index in [1.165, 1.54) is 0 Å². The first-order chi connectivity index (χ1) is 9.65. The van der Waals surface area contributed by atoms with Crippen LogP contribution in [0, 0.1) is 11.8 Å². The van der Waals surface area contributed by atoms with Crippen LogP contribution in [0.2, 0.25) is 0 Å². The van der Waals surface area contributed by atoms with Crippen LogP contribution < -0.4 is 10.6 Å². The molecule has 2 unspecified atom stereocenters. The van der Waals surface area contributed by atoms with Crippen molar-refractivity contribution in [2.45, 2.75) is 39.5 Å². The van der Waals surface area contributed by atoms with Crippen LogP contribution in [0.3, 0.4) is 0 Å². The number of carbonyl (C=O) groups is 2. The minimum atomic E-state index is -0.348. The van der Waals surface area contributed by atoms with Crippen molar-refractivity contribution in [2.24, 2.45) is 11.8 Å². The Bertz CT molecular complexity index is 282. The molecule has 20 heavy (non-hydrogen) atoms. The van der Waals surface area contributed by atoms with Gasteiger partial charge in [-0.2, -0.15) is 0 Å². The van der Waals surface area contributed by atoms with Crippen molar-refractivity contribution in [1.29, 1.82) is 0 Å². The summed E-state index contributed by atoms with van der Waals surface area (Å²) in [7, 11) is 0. The second-order valence-corrected chi connectivity index (χ2v) is 5.10. The number of carbonyl (C=O) groups excluding carboxylic acids is 2. The normalized spacial score (nSPS) is 21.9. The van der Waals surface area contributed by atoms with Gasteiger partial charge < -0.3 is 20.1 Å². The molecule has 116 valence electrons. The van der Waals surface area contributed by atoms with Crippen molar-refractivity contribution >= 4 is 12.2 Å². The van der Waals surface area contributed by atoms with Gasteiger partial charge in [-0.15, -0.1) is 0 Å². The minimum absolute atomic E-state index is 0.348. The fourth-order valence-electron chi connectivity index (χ4n) is 2.59. The summed E-state index contributed by atoms with van der Waals surface area (Å²) >= 11 is 0.